The molecule has 0 N–H and O–H groups in total. The summed E-state index contributed by atoms with van der Waals surface area (Å²) in [5.74, 6) is 0. The van der Waals surface area contributed by atoms with E-state index in [0.717, 1.165) is 0 Å². The van der Waals surface area contributed by atoms with Crippen molar-refractivity contribution in [3.63, 3.8) is 0 Å². The lowest BCUT2D eigenvalue weighted by molar-refractivity contribution is -0.263. The van der Waals surface area contributed by atoms with Gasteiger partial charge in [-0.25, -0.2) is 0 Å². The van der Waals surface area contributed by atoms with Crippen LogP contribution in [0.25, 0.3) is 0 Å². The lowest BCUT2D eigenvalue weighted by Gasteiger charge is -2.43. The van der Waals surface area contributed by atoms with E-state index in [4.69, 9.17) is 18.0 Å². The normalized spacial score (nSPS) is 26.5. The van der Waals surface area contributed by atoms with Crippen LogP contribution in [0.2, 0.25) is 5.04 Å². The van der Waals surface area contributed by atoms with Crippen LogP contribution < -0.4 is 15.3 Å². The molecule has 7 heteroatoms. The summed E-state index contributed by atoms with van der Waals surface area (Å²) in [5.41, 5.74) is 0. The van der Waals surface area contributed by atoms with E-state index in [-0.39, 0.29) is 23.9 Å². The third-order valence-corrected chi connectivity index (χ3v) is 12.5. The maximum absolute atomic E-state index is 12.7. The molecule has 2 aromatic carbocycles. The molecule has 0 radical (unpaired) electrons. The number of phosphoric acid groups is 1. The molecule has 1 unspecified atom stereocenters. The Hall–Kier alpha value is -1.37. The van der Waals surface area contributed by atoms with E-state index in [9.17, 15) is 4.89 Å². The van der Waals surface area contributed by atoms with Gasteiger partial charge in [0.25, 0.3) is 8.32 Å². The van der Waals surface area contributed by atoms with Crippen molar-refractivity contribution in [2.75, 3.05) is 13.2 Å². The van der Waals surface area contributed by atoms with E-state index in [2.05, 4.69) is 69.3 Å². The highest BCUT2D eigenvalue weighted by molar-refractivity contribution is 7.54. The number of hydrogen-bond acceptors (Lipinski definition) is 5. The van der Waals surface area contributed by atoms with Crippen LogP contribution in [-0.2, 0) is 18.0 Å². The van der Waals surface area contributed by atoms with Gasteiger partial charge in [0.2, 0.25) is 0 Å². The largest absolute Gasteiger partial charge is 0.606 e. The summed E-state index contributed by atoms with van der Waals surface area (Å²) in [4.78, 5) is 12.7. The van der Waals surface area contributed by atoms with Crippen LogP contribution in [-0.4, -0.2) is 33.7 Å². The summed E-state index contributed by atoms with van der Waals surface area (Å²) in [6, 6.07) is 21.1. The van der Waals surface area contributed by atoms with Gasteiger partial charge in [0.05, 0.1) is 0 Å². The fourth-order valence-electron chi connectivity index (χ4n) is 4.51. The molecule has 1 saturated heterocycles. The highest BCUT2D eigenvalue weighted by Gasteiger charge is 2.51. The highest BCUT2D eigenvalue weighted by atomic mass is 31.2. The van der Waals surface area contributed by atoms with Crippen LogP contribution in [0.4, 0.5) is 0 Å². The zero-order chi connectivity index (χ0) is 22.0. The van der Waals surface area contributed by atoms with Crippen LogP contribution in [0.5, 0.6) is 0 Å². The molecule has 1 fully saturated rings. The number of phosphoric ester groups is 1. The summed E-state index contributed by atoms with van der Waals surface area (Å²) in [7, 11) is -6.09. The first-order chi connectivity index (χ1) is 14.8. The molecule has 0 aliphatic carbocycles. The Labute approximate surface area is 186 Å². The van der Waals surface area contributed by atoms with Crippen LogP contribution >= 0.6 is 8.17 Å². The fraction of sp³-hybridized carbons (Fsp3) is 0.417. The monoisotopic (exact) mass is 458 g/mol. The van der Waals surface area contributed by atoms with Crippen LogP contribution in [0.3, 0.4) is 0 Å². The predicted molar refractivity (Wildman–Crippen MR) is 125 cm³/mol. The molecule has 3 atom stereocenters. The molecule has 2 aromatic rings. The molecule has 2 heterocycles. The molecule has 2 bridgehead atoms. The van der Waals surface area contributed by atoms with Crippen molar-refractivity contribution in [3.8, 4) is 0 Å². The molecule has 0 aromatic heterocycles. The summed E-state index contributed by atoms with van der Waals surface area (Å²) in [5, 5.41) is 2.41. The van der Waals surface area contributed by atoms with Gasteiger partial charge in [-0.3, -0.25) is 0 Å². The second-order valence-corrected chi connectivity index (χ2v) is 15.0. The van der Waals surface area contributed by atoms with Crippen molar-refractivity contribution in [2.45, 2.75) is 50.9 Å². The molecule has 31 heavy (non-hydrogen) atoms. The number of hydrogen-bond donors (Lipinski definition) is 0. The fourth-order valence-corrected chi connectivity index (χ4v) is 10.6. The minimum Gasteiger partial charge on any atom is -0.606 e. The van der Waals surface area contributed by atoms with E-state index in [1.807, 2.05) is 24.3 Å². The minimum absolute atomic E-state index is 0.0845. The Kier molecular flexibility index (Phi) is 6.80. The molecule has 0 saturated carbocycles. The lowest BCUT2D eigenvalue weighted by atomic mass is 10.1. The molecule has 2 aliphatic rings. The predicted octanol–water partition coefficient (Wildman–Crippen LogP) is 3.75. The van der Waals surface area contributed by atoms with Crippen molar-refractivity contribution in [2.24, 2.45) is 0 Å². The van der Waals surface area contributed by atoms with Crippen LogP contribution in [0.1, 0.15) is 33.6 Å². The Bertz CT molecular complexity index is 846. The van der Waals surface area contributed by atoms with Crippen LogP contribution in [0, 0.1) is 0 Å². The Morgan fingerprint density at radius 2 is 1.61 bits per heavy atom. The summed E-state index contributed by atoms with van der Waals surface area (Å²) < 4.78 is 23.5. The second-order valence-electron chi connectivity index (χ2n) is 9.08. The maximum atomic E-state index is 12.7. The van der Waals surface area contributed by atoms with Gasteiger partial charge >= 0.3 is 8.17 Å². The van der Waals surface area contributed by atoms with Crippen molar-refractivity contribution >= 4 is 26.9 Å². The summed E-state index contributed by atoms with van der Waals surface area (Å²) in [6.07, 6.45) is 4.57. The zero-order valence-corrected chi connectivity index (χ0v) is 20.3. The molecule has 2 aliphatic heterocycles. The van der Waals surface area contributed by atoms with Gasteiger partial charge < -0.3 is 9.32 Å². The first kappa shape index (κ1) is 22.8. The molecule has 0 amide bonds. The van der Waals surface area contributed by atoms with E-state index in [0.29, 0.717) is 19.4 Å². The van der Waals surface area contributed by atoms with Crippen molar-refractivity contribution in [1.82, 2.24) is 0 Å². The van der Waals surface area contributed by atoms with Gasteiger partial charge in [-0.1, -0.05) is 93.6 Å². The van der Waals surface area contributed by atoms with Gasteiger partial charge in [0, 0.05) is 19.4 Å². The third kappa shape index (κ3) is 4.86. The molecule has 0 spiro atoms. The Morgan fingerprint density at radius 1 is 1.00 bits per heavy atom. The van der Waals surface area contributed by atoms with E-state index in [1.165, 1.54) is 10.4 Å². The van der Waals surface area contributed by atoms with Crippen molar-refractivity contribution in [1.29, 1.82) is 0 Å². The van der Waals surface area contributed by atoms with Gasteiger partial charge in [0.1, 0.15) is 18.8 Å². The molecule has 166 valence electrons. The third-order valence-electron chi connectivity index (χ3n) is 5.89. The van der Waals surface area contributed by atoms with Gasteiger partial charge in [-0.15, -0.1) is 0 Å². The molecule has 4 rings (SSSR count). The zero-order valence-electron chi connectivity index (χ0n) is 18.4. The minimum atomic E-state index is -3.50. The van der Waals surface area contributed by atoms with Gasteiger partial charge in [0.15, 0.2) is 0 Å². The smallest absolute Gasteiger partial charge is 0.380 e. The first-order valence-electron chi connectivity index (χ1n) is 10.9. The van der Waals surface area contributed by atoms with Crippen LogP contribution in [0.15, 0.2) is 72.8 Å². The molecular weight excluding hydrogens is 427 g/mol. The first-order valence-corrected chi connectivity index (χ1v) is 14.2. The van der Waals surface area contributed by atoms with E-state index in [1.54, 1.807) is 0 Å². The SMILES string of the molecule is CC(C)(C)[Si](OCC[C@@H]1C[C@H]2C=CCO[P+]([O-])(O1)O2)(c1ccccc1)c1ccccc1. The average molecular weight is 459 g/mol. The quantitative estimate of drug-likeness (QED) is 0.375. The highest BCUT2D eigenvalue weighted by Crippen LogP contribution is 2.60. The Morgan fingerprint density at radius 3 is 2.19 bits per heavy atom. The number of benzene rings is 2. The van der Waals surface area contributed by atoms with Crippen molar-refractivity contribution in [3.05, 3.63) is 72.8 Å². The second kappa shape index (κ2) is 9.24. The lowest BCUT2D eigenvalue weighted by Crippen LogP contribution is -2.66. The van der Waals surface area contributed by atoms with E-state index >= 15 is 0 Å². The number of rotatable bonds is 6. The Balaban J connectivity index is 1.58. The van der Waals surface area contributed by atoms with Crippen molar-refractivity contribution < 1.29 is 22.9 Å². The topological polar surface area (TPSA) is 60.0 Å². The van der Waals surface area contributed by atoms with Gasteiger partial charge in [-0.05, 0) is 15.4 Å². The standard InChI is InChI=1S/C24H31O5PSi/c1-24(2,3)31(22-12-6-4-7-13-22,23-14-8-5-9-15-23)27-18-16-21-19-20-11-10-17-26-30(25,28-20)29-21/h4-15,20-21H,16-19H2,1-3H3/t20-,21-,30?/m1/s1. The maximum Gasteiger partial charge on any atom is 0.380 e. The average Bonchev–Trinajstić information content (AvgIpc) is 2.88. The summed E-state index contributed by atoms with van der Waals surface area (Å²) in [6.45, 7) is 7.54. The molecule has 5 nitrogen and oxygen atoms in total. The van der Waals surface area contributed by atoms with E-state index < -0.39 is 16.5 Å². The number of fused-ring (bicyclic) bond motifs is 2. The molecular formula is C24H31O5PSi. The van der Waals surface area contributed by atoms with Gasteiger partial charge in [-0.2, -0.15) is 13.6 Å². The summed E-state index contributed by atoms with van der Waals surface area (Å²) >= 11 is 0.